The first-order chi connectivity index (χ1) is 7.16. The van der Waals surface area contributed by atoms with E-state index in [4.69, 9.17) is 4.42 Å². The van der Waals surface area contributed by atoms with Gasteiger partial charge in [-0.25, -0.2) is 10.1 Å². The van der Waals surface area contributed by atoms with Crippen molar-refractivity contribution in [2.24, 2.45) is 0 Å². The van der Waals surface area contributed by atoms with Crippen LogP contribution in [0.5, 0.6) is 0 Å². The molecule has 7 heteroatoms. The summed E-state index contributed by atoms with van der Waals surface area (Å²) in [5.41, 5.74) is 0.546. The Labute approximate surface area is 84.9 Å². The number of H-pyrrole nitrogens is 1. The second kappa shape index (κ2) is 3.52. The van der Waals surface area contributed by atoms with Crippen molar-refractivity contribution < 1.29 is 9.21 Å². The van der Waals surface area contributed by atoms with Gasteiger partial charge in [0.2, 0.25) is 11.7 Å². The zero-order valence-corrected chi connectivity index (χ0v) is 8.24. The Morgan fingerprint density at radius 2 is 2.33 bits per heavy atom. The molecular weight excluding hydrogens is 198 g/mol. The third-order valence-electron chi connectivity index (χ3n) is 1.76. The highest BCUT2D eigenvalue weighted by Crippen LogP contribution is 2.10. The van der Waals surface area contributed by atoms with Gasteiger partial charge in [0.25, 0.3) is 5.91 Å². The van der Waals surface area contributed by atoms with Gasteiger partial charge in [-0.3, -0.25) is 10.1 Å². The molecule has 0 fully saturated rings. The van der Waals surface area contributed by atoms with Crippen LogP contribution < -0.4 is 5.32 Å². The van der Waals surface area contributed by atoms with E-state index in [1.54, 1.807) is 13.8 Å². The van der Waals surface area contributed by atoms with Crippen LogP contribution in [0.3, 0.4) is 0 Å². The quantitative estimate of drug-likeness (QED) is 0.754. The summed E-state index contributed by atoms with van der Waals surface area (Å²) in [4.78, 5) is 19.4. The minimum Gasteiger partial charge on any atom is -0.436 e. The number of amides is 1. The molecule has 2 N–H and O–H groups in total. The Hall–Kier alpha value is -2.18. The molecule has 0 aliphatic heterocycles. The SMILES string of the molecule is Cc1nc(C)c(C(=O)Nc2ncn[nH]2)o1. The lowest BCUT2D eigenvalue weighted by Crippen LogP contribution is -2.13. The molecule has 7 nitrogen and oxygen atoms in total. The monoisotopic (exact) mass is 207 g/mol. The molecule has 0 spiro atoms. The molecule has 0 aliphatic rings. The predicted octanol–water partition coefficient (Wildman–Crippen LogP) is 0.662. The van der Waals surface area contributed by atoms with Gasteiger partial charge in [-0.2, -0.15) is 10.1 Å². The number of hydrogen-bond donors (Lipinski definition) is 2. The number of nitrogens with zero attached hydrogens (tertiary/aromatic N) is 3. The fraction of sp³-hybridized carbons (Fsp3) is 0.250. The van der Waals surface area contributed by atoms with E-state index in [1.807, 2.05) is 0 Å². The molecule has 15 heavy (non-hydrogen) atoms. The molecule has 78 valence electrons. The normalized spacial score (nSPS) is 10.3. The van der Waals surface area contributed by atoms with Crippen LogP contribution in [-0.2, 0) is 0 Å². The van der Waals surface area contributed by atoms with E-state index in [0.29, 0.717) is 11.6 Å². The topological polar surface area (TPSA) is 96.7 Å². The molecule has 0 saturated heterocycles. The molecule has 0 unspecified atom stereocenters. The molecule has 0 bridgehead atoms. The highest BCUT2D eigenvalue weighted by Gasteiger charge is 2.16. The molecule has 0 aliphatic carbocycles. The molecule has 0 saturated carbocycles. The number of oxazole rings is 1. The van der Waals surface area contributed by atoms with Crippen molar-refractivity contribution in [3.05, 3.63) is 23.7 Å². The van der Waals surface area contributed by atoms with E-state index in [1.165, 1.54) is 6.33 Å². The number of nitrogens with one attached hydrogen (secondary N) is 2. The molecule has 1 amide bonds. The zero-order valence-electron chi connectivity index (χ0n) is 8.24. The molecule has 0 radical (unpaired) electrons. The van der Waals surface area contributed by atoms with Gasteiger partial charge in [0.1, 0.15) is 6.33 Å². The summed E-state index contributed by atoms with van der Waals surface area (Å²) in [5, 5.41) is 8.60. The summed E-state index contributed by atoms with van der Waals surface area (Å²) in [6.07, 6.45) is 1.30. The number of rotatable bonds is 2. The first-order valence-electron chi connectivity index (χ1n) is 4.27. The number of aromatic amines is 1. The van der Waals surface area contributed by atoms with Crippen LogP contribution in [0.1, 0.15) is 22.1 Å². The average molecular weight is 207 g/mol. The zero-order chi connectivity index (χ0) is 10.8. The average Bonchev–Trinajstić information content (AvgIpc) is 2.75. The van der Waals surface area contributed by atoms with Crippen LogP contribution in [0.2, 0.25) is 0 Å². The van der Waals surface area contributed by atoms with E-state index in [2.05, 4.69) is 25.5 Å². The van der Waals surface area contributed by atoms with Crippen molar-refractivity contribution in [2.45, 2.75) is 13.8 Å². The van der Waals surface area contributed by atoms with Gasteiger partial charge < -0.3 is 4.42 Å². The molecule has 0 aromatic carbocycles. The molecule has 2 heterocycles. The Bertz CT molecular complexity index is 473. The Morgan fingerprint density at radius 3 is 2.87 bits per heavy atom. The fourth-order valence-electron chi connectivity index (χ4n) is 1.17. The maximum atomic E-state index is 11.6. The Morgan fingerprint density at radius 1 is 1.53 bits per heavy atom. The van der Waals surface area contributed by atoms with E-state index in [0.717, 1.165) is 0 Å². The highest BCUT2D eigenvalue weighted by molar-refractivity contribution is 6.01. The lowest BCUT2D eigenvalue weighted by atomic mass is 10.3. The van der Waals surface area contributed by atoms with E-state index in [-0.39, 0.29) is 11.7 Å². The van der Waals surface area contributed by atoms with E-state index >= 15 is 0 Å². The van der Waals surface area contributed by atoms with Crippen molar-refractivity contribution in [3.63, 3.8) is 0 Å². The highest BCUT2D eigenvalue weighted by atomic mass is 16.4. The van der Waals surface area contributed by atoms with Crippen molar-refractivity contribution in [2.75, 3.05) is 5.32 Å². The third kappa shape index (κ3) is 1.85. The van der Waals surface area contributed by atoms with Gasteiger partial charge in [0.05, 0.1) is 5.69 Å². The first kappa shape index (κ1) is 9.38. The summed E-state index contributed by atoms with van der Waals surface area (Å²) < 4.78 is 5.14. The number of anilines is 1. The van der Waals surface area contributed by atoms with Gasteiger partial charge in [0.15, 0.2) is 5.89 Å². The molecule has 0 atom stereocenters. The number of carbonyl (C=O) groups is 1. The standard InChI is InChI=1S/C8H9N5O2/c1-4-6(15-5(2)11-4)7(14)12-8-9-3-10-13-8/h3H,1-2H3,(H2,9,10,12,13,14). The van der Waals surface area contributed by atoms with Crippen LogP contribution in [0.25, 0.3) is 0 Å². The summed E-state index contributed by atoms with van der Waals surface area (Å²) in [5.74, 6) is 0.512. The summed E-state index contributed by atoms with van der Waals surface area (Å²) >= 11 is 0. The predicted molar refractivity (Wildman–Crippen MR) is 50.3 cm³/mol. The van der Waals surface area contributed by atoms with Gasteiger partial charge in [-0.05, 0) is 6.92 Å². The second-order valence-electron chi connectivity index (χ2n) is 2.94. The lowest BCUT2D eigenvalue weighted by molar-refractivity contribution is 0.0994. The summed E-state index contributed by atoms with van der Waals surface area (Å²) in [6.45, 7) is 3.38. The Kier molecular flexibility index (Phi) is 2.20. The minimum absolute atomic E-state index is 0.184. The molecule has 2 aromatic heterocycles. The minimum atomic E-state index is -0.398. The number of carbonyl (C=O) groups excluding carboxylic acids is 1. The molecule has 2 aromatic rings. The van der Waals surface area contributed by atoms with E-state index < -0.39 is 5.91 Å². The van der Waals surface area contributed by atoms with Crippen molar-refractivity contribution in [1.82, 2.24) is 20.2 Å². The maximum Gasteiger partial charge on any atom is 0.295 e. The van der Waals surface area contributed by atoms with E-state index in [9.17, 15) is 4.79 Å². The smallest absolute Gasteiger partial charge is 0.295 e. The lowest BCUT2D eigenvalue weighted by Gasteiger charge is -1.97. The summed E-state index contributed by atoms with van der Waals surface area (Å²) in [6, 6.07) is 0. The molecule has 2 rings (SSSR count). The largest absolute Gasteiger partial charge is 0.436 e. The van der Waals surface area contributed by atoms with Crippen molar-refractivity contribution in [1.29, 1.82) is 0 Å². The summed E-state index contributed by atoms with van der Waals surface area (Å²) in [7, 11) is 0. The van der Waals surface area contributed by atoms with Gasteiger partial charge in [-0.15, -0.1) is 0 Å². The number of aromatic nitrogens is 4. The van der Waals surface area contributed by atoms with Crippen molar-refractivity contribution >= 4 is 11.9 Å². The third-order valence-corrected chi connectivity index (χ3v) is 1.76. The first-order valence-corrected chi connectivity index (χ1v) is 4.27. The van der Waals surface area contributed by atoms with Crippen LogP contribution in [0.4, 0.5) is 5.95 Å². The van der Waals surface area contributed by atoms with Gasteiger partial charge in [-0.1, -0.05) is 0 Å². The maximum absolute atomic E-state index is 11.6. The number of aryl methyl sites for hydroxylation is 2. The molecular formula is C8H9N5O2. The van der Waals surface area contributed by atoms with Gasteiger partial charge in [0, 0.05) is 6.92 Å². The van der Waals surface area contributed by atoms with Crippen LogP contribution >= 0.6 is 0 Å². The van der Waals surface area contributed by atoms with Crippen LogP contribution in [0, 0.1) is 13.8 Å². The van der Waals surface area contributed by atoms with Crippen molar-refractivity contribution in [3.8, 4) is 0 Å². The number of hydrogen-bond acceptors (Lipinski definition) is 5. The van der Waals surface area contributed by atoms with Crippen LogP contribution in [0.15, 0.2) is 10.7 Å². The van der Waals surface area contributed by atoms with Gasteiger partial charge >= 0.3 is 0 Å². The Balaban J connectivity index is 2.18. The second-order valence-corrected chi connectivity index (χ2v) is 2.94. The van der Waals surface area contributed by atoms with Crippen LogP contribution in [-0.4, -0.2) is 26.1 Å². The fourth-order valence-corrected chi connectivity index (χ4v) is 1.17.